The minimum Gasteiger partial charge on any atom is -0.394 e. The van der Waals surface area contributed by atoms with E-state index in [9.17, 15) is 45.6 Å². The molecule has 0 saturated carbocycles. The van der Waals surface area contributed by atoms with Crippen molar-refractivity contribution in [1.29, 1.82) is 0 Å². The van der Waals surface area contributed by atoms with E-state index in [4.69, 9.17) is 18.9 Å². The fraction of sp³-hybridized carbons (Fsp3) is 0.776. The van der Waals surface area contributed by atoms with Crippen LogP contribution in [0, 0.1) is 0 Å². The van der Waals surface area contributed by atoms with E-state index in [0.29, 0.717) is 6.42 Å². The summed E-state index contributed by atoms with van der Waals surface area (Å²) >= 11 is 0. The first kappa shape index (κ1) is 91.7. The lowest BCUT2D eigenvalue weighted by atomic mass is 9.97. The Morgan fingerprint density at radius 1 is 0.374 bits per heavy atom. The first-order valence-corrected chi connectivity index (χ1v) is 40.6. The van der Waals surface area contributed by atoms with Crippen LogP contribution >= 0.6 is 0 Å². The summed E-state index contributed by atoms with van der Waals surface area (Å²) in [6.07, 6.45) is 81.6. The molecule has 1 amide bonds. The molecule has 2 aliphatic rings. The average Bonchev–Trinajstić information content (AvgIpc) is 0.794. The molecule has 14 nitrogen and oxygen atoms in total. The third-order valence-electron chi connectivity index (χ3n) is 19.2. The zero-order valence-corrected chi connectivity index (χ0v) is 62.7. The molecule has 99 heavy (non-hydrogen) atoms. The van der Waals surface area contributed by atoms with E-state index < -0.39 is 86.8 Å². The molecule has 0 spiro atoms. The minimum absolute atomic E-state index is 0.239. The minimum atomic E-state index is -1.79. The van der Waals surface area contributed by atoms with Crippen molar-refractivity contribution >= 4 is 5.91 Å². The highest BCUT2D eigenvalue weighted by atomic mass is 16.7. The topological polar surface area (TPSA) is 228 Å². The zero-order chi connectivity index (χ0) is 71.5. The smallest absolute Gasteiger partial charge is 0.220 e. The number of aliphatic hydroxyl groups is 8. The Morgan fingerprint density at radius 2 is 0.697 bits per heavy atom. The molecular weight excluding hydrogens is 1240 g/mol. The Morgan fingerprint density at radius 3 is 1.07 bits per heavy atom. The van der Waals surface area contributed by atoms with Crippen molar-refractivity contribution in [3.63, 3.8) is 0 Å². The monoisotopic (exact) mass is 1390 g/mol. The van der Waals surface area contributed by atoms with Gasteiger partial charge in [-0.3, -0.25) is 4.79 Å². The van der Waals surface area contributed by atoms with Gasteiger partial charge in [-0.25, -0.2) is 0 Å². The van der Waals surface area contributed by atoms with Gasteiger partial charge in [0.25, 0.3) is 0 Å². The molecule has 0 bridgehead atoms. The summed E-state index contributed by atoms with van der Waals surface area (Å²) in [5.41, 5.74) is 0. The maximum absolute atomic E-state index is 13.4. The molecule has 12 atom stereocenters. The van der Waals surface area contributed by atoms with Crippen LogP contribution in [0.4, 0.5) is 0 Å². The van der Waals surface area contributed by atoms with Crippen LogP contribution in [-0.4, -0.2) is 140 Å². The fourth-order valence-corrected chi connectivity index (χ4v) is 12.8. The second kappa shape index (κ2) is 67.8. The summed E-state index contributed by atoms with van der Waals surface area (Å²) in [6.45, 7) is 2.72. The van der Waals surface area contributed by atoms with Crippen LogP contribution in [0.25, 0.3) is 0 Å². The molecule has 0 aliphatic carbocycles. The molecule has 0 aromatic heterocycles. The van der Waals surface area contributed by atoms with Crippen molar-refractivity contribution in [3.8, 4) is 0 Å². The summed E-state index contributed by atoms with van der Waals surface area (Å²) in [5, 5.41) is 87.7. The standard InChI is InChI=1S/C85H149NO13/c1-3-5-7-9-11-13-15-17-19-21-23-25-27-29-31-32-33-34-35-36-37-38-39-40-41-42-43-45-47-49-51-53-55-57-59-61-63-65-67-69-77(90)86-73(72-96-84-82(95)80(93)83(76(71-88)98-84)99-85-81(94)79(92)78(91)75(70-87)97-85)74(89)68-66-64-62-60-58-56-54-52-50-48-46-44-30-28-26-24-22-20-18-16-14-12-10-8-6-4-2/h5,7,11,13,17,19,23,25,29,31,33-34,36-37,39-40,66,68,73-76,78-85,87-89,91-95H,3-4,6,8-10,12,14-16,18,20-22,24,26-28,30,32,35,38,41-65,67,69-72H2,1-2H3,(H,86,90)/b7-5-,13-11-,19-17-,25-23-,31-29-,34-33-,37-36-,40-39-,68-66+. The molecule has 9 N–H and O–H groups in total. The fourth-order valence-electron chi connectivity index (χ4n) is 12.8. The van der Waals surface area contributed by atoms with E-state index in [1.807, 2.05) is 6.08 Å². The van der Waals surface area contributed by atoms with Crippen LogP contribution in [0.1, 0.15) is 328 Å². The van der Waals surface area contributed by atoms with Gasteiger partial charge < -0.3 is 65.1 Å². The summed E-state index contributed by atoms with van der Waals surface area (Å²) < 4.78 is 22.9. The molecule has 12 unspecified atom stereocenters. The van der Waals surface area contributed by atoms with Crippen LogP contribution in [-0.2, 0) is 23.7 Å². The summed E-state index contributed by atoms with van der Waals surface area (Å²) in [4.78, 5) is 13.4. The van der Waals surface area contributed by atoms with Crippen molar-refractivity contribution in [2.75, 3.05) is 19.8 Å². The van der Waals surface area contributed by atoms with Crippen LogP contribution in [0.3, 0.4) is 0 Å². The number of hydrogen-bond donors (Lipinski definition) is 9. The maximum atomic E-state index is 13.4. The summed E-state index contributed by atoms with van der Waals surface area (Å²) in [5.74, 6) is -0.239. The van der Waals surface area contributed by atoms with Gasteiger partial charge in [0.15, 0.2) is 12.6 Å². The van der Waals surface area contributed by atoms with Gasteiger partial charge in [-0.2, -0.15) is 0 Å². The molecule has 2 rings (SSSR count). The third-order valence-corrected chi connectivity index (χ3v) is 19.2. The van der Waals surface area contributed by atoms with Gasteiger partial charge in [-0.05, 0) is 83.5 Å². The van der Waals surface area contributed by atoms with Gasteiger partial charge in [0.1, 0.15) is 48.8 Å². The second-order valence-electron chi connectivity index (χ2n) is 28.2. The highest BCUT2D eigenvalue weighted by Crippen LogP contribution is 2.30. The van der Waals surface area contributed by atoms with Crippen LogP contribution in [0.2, 0.25) is 0 Å². The number of amides is 1. The summed E-state index contributed by atoms with van der Waals surface area (Å²) in [7, 11) is 0. The number of allylic oxidation sites excluding steroid dienone is 17. The van der Waals surface area contributed by atoms with Gasteiger partial charge in [-0.15, -0.1) is 0 Å². The van der Waals surface area contributed by atoms with E-state index in [1.54, 1.807) is 6.08 Å². The van der Waals surface area contributed by atoms with Crippen molar-refractivity contribution < 1.29 is 64.6 Å². The normalized spacial score (nSPS) is 22.5. The largest absolute Gasteiger partial charge is 0.394 e. The Hall–Kier alpha value is -3.35. The van der Waals surface area contributed by atoms with Crippen molar-refractivity contribution in [1.82, 2.24) is 5.32 Å². The first-order valence-electron chi connectivity index (χ1n) is 40.6. The lowest BCUT2D eigenvalue weighted by molar-refractivity contribution is -0.359. The van der Waals surface area contributed by atoms with Gasteiger partial charge >= 0.3 is 0 Å². The van der Waals surface area contributed by atoms with Gasteiger partial charge in [0, 0.05) is 6.42 Å². The molecule has 2 saturated heterocycles. The molecular formula is C85H149NO13. The Balaban J connectivity index is 1.61. The predicted molar refractivity (Wildman–Crippen MR) is 410 cm³/mol. The first-order chi connectivity index (χ1) is 48.6. The molecule has 2 aliphatic heterocycles. The van der Waals surface area contributed by atoms with Crippen LogP contribution in [0.15, 0.2) is 109 Å². The Labute approximate surface area is 604 Å². The van der Waals surface area contributed by atoms with E-state index in [-0.39, 0.29) is 18.9 Å². The van der Waals surface area contributed by atoms with E-state index >= 15 is 0 Å². The predicted octanol–water partition coefficient (Wildman–Crippen LogP) is 18.6. The highest BCUT2D eigenvalue weighted by Gasteiger charge is 2.51. The highest BCUT2D eigenvalue weighted by molar-refractivity contribution is 5.76. The van der Waals surface area contributed by atoms with Crippen molar-refractivity contribution in [2.45, 2.75) is 402 Å². The lowest BCUT2D eigenvalue weighted by Gasteiger charge is -2.46. The molecule has 2 heterocycles. The lowest BCUT2D eigenvalue weighted by Crippen LogP contribution is -2.65. The second-order valence-corrected chi connectivity index (χ2v) is 28.2. The van der Waals surface area contributed by atoms with E-state index in [1.165, 1.54) is 212 Å². The molecule has 2 fully saturated rings. The number of nitrogens with one attached hydrogen (secondary N) is 1. The number of ether oxygens (including phenoxy) is 4. The van der Waals surface area contributed by atoms with Crippen molar-refractivity contribution in [2.24, 2.45) is 0 Å². The third kappa shape index (κ3) is 50.7. The molecule has 14 heteroatoms. The molecule has 0 radical (unpaired) electrons. The number of hydrogen-bond acceptors (Lipinski definition) is 13. The van der Waals surface area contributed by atoms with E-state index in [2.05, 4.69) is 116 Å². The number of rotatable bonds is 67. The maximum Gasteiger partial charge on any atom is 0.220 e. The van der Waals surface area contributed by atoms with Gasteiger partial charge in [0.05, 0.1) is 32.0 Å². The van der Waals surface area contributed by atoms with Crippen LogP contribution in [0.5, 0.6) is 0 Å². The van der Waals surface area contributed by atoms with E-state index in [0.717, 1.165) is 89.9 Å². The van der Waals surface area contributed by atoms with Gasteiger partial charge in [0.2, 0.25) is 5.91 Å². The SMILES string of the molecule is CC/C=C\C/C=C\C/C=C\C/C=C\C/C=C\C/C=C\C/C=C\C/C=C\CCCCCCCCCCCCCCCCC(=O)NC(COC1OC(CO)C(OC2OC(CO)C(O)C(O)C2O)C(O)C1O)C(O)/C=C/CCCCCCCCCCCCCCCCCCCCCCCCCC. The summed E-state index contributed by atoms with van der Waals surface area (Å²) in [6, 6.07) is -0.923. The van der Waals surface area contributed by atoms with Crippen molar-refractivity contribution in [3.05, 3.63) is 109 Å². The van der Waals surface area contributed by atoms with Gasteiger partial charge in [-0.1, -0.05) is 348 Å². The van der Waals surface area contributed by atoms with Crippen LogP contribution < -0.4 is 5.32 Å². The number of carbonyl (C=O) groups excluding carboxylic acids is 1. The Kier molecular flexibility index (Phi) is 62.8. The molecule has 572 valence electrons. The zero-order valence-electron chi connectivity index (χ0n) is 62.7. The molecule has 0 aromatic rings. The quantitative estimate of drug-likeness (QED) is 0.0204. The number of carbonyl (C=O) groups is 1. The number of aliphatic hydroxyl groups excluding tert-OH is 8. The Bertz CT molecular complexity index is 2080. The number of unbranched alkanes of at least 4 members (excludes halogenated alkanes) is 38. The average molecular weight is 1390 g/mol. The molecule has 0 aromatic carbocycles.